The molecular formula is C14H21NO3S2. The maximum atomic E-state index is 12.4. The Hall–Kier alpha value is -0.560. The number of benzene rings is 1. The predicted octanol–water partition coefficient (Wildman–Crippen LogP) is 1.84. The largest absolute Gasteiger partial charge is 0.392 e. The van der Waals surface area contributed by atoms with Crippen LogP contribution in [0.2, 0.25) is 0 Å². The molecule has 4 nitrogen and oxygen atoms in total. The van der Waals surface area contributed by atoms with E-state index in [2.05, 4.69) is 6.92 Å². The first-order chi connectivity index (χ1) is 9.55. The van der Waals surface area contributed by atoms with Crippen molar-refractivity contribution in [1.29, 1.82) is 0 Å². The number of thioether (sulfide) groups is 1. The van der Waals surface area contributed by atoms with Crippen LogP contribution in [0.5, 0.6) is 0 Å². The quantitative estimate of drug-likeness (QED) is 0.901. The van der Waals surface area contributed by atoms with E-state index < -0.39 is 10.0 Å². The van der Waals surface area contributed by atoms with E-state index >= 15 is 0 Å². The third-order valence-corrected chi connectivity index (χ3v) is 6.69. The van der Waals surface area contributed by atoms with Crippen LogP contribution in [0.25, 0.3) is 0 Å². The molecule has 1 atom stereocenters. The molecule has 0 bridgehead atoms. The van der Waals surface area contributed by atoms with E-state index in [1.807, 2.05) is 11.8 Å². The molecule has 6 heteroatoms. The predicted molar refractivity (Wildman–Crippen MR) is 83.1 cm³/mol. The summed E-state index contributed by atoms with van der Waals surface area (Å²) in [6.07, 6.45) is 1.00. The Morgan fingerprint density at radius 2 is 1.95 bits per heavy atom. The fourth-order valence-electron chi connectivity index (χ4n) is 2.23. The van der Waals surface area contributed by atoms with Gasteiger partial charge in [0.2, 0.25) is 10.0 Å². The first-order valence-electron chi connectivity index (χ1n) is 6.83. The van der Waals surface area contributed by atoms with Crippen molar-refractivity contribution in [1.82, 2.24) is 4.31 Å². The summed E-state index contributed by atoms with van der Waals surface area (Å²) in [7, 11) is -3.24. The molecule has 1 aromatic rings. The third kappa shape index (κ3) is 3.97. The summed E-state index contributed by atoms with van der Waals surface area (Å²) >= 11 is 1.86. The van der Waals surface area contributed by atoms with Gasteiger partial charge in [-0.25, -0.2) is 8.42 Å². The standard InChI is InChI=1S/C14H21NO3S2/c1-2-14-9-15(7-8-19-14)20(17,18)11-13-5-3-12(10-16)4-6-13/h3-6,14,16H,2,7-11H2,1H3. The number of aliphatic hydroxyl groups is 1. The number of rotatable bonds is 5. The minimum atomic E-state index is -3.24. The Morgan fingerprint density at radius 1 is 1.30 bits per heavy atom. The van der Waals surface area contributed by atoms with Crippen LogP contribution < -0.4 is 0 Å². The molecular weight excluding hydrogens is 294 g/mol. The van der Waals surface area contributed by atoms with Crippen LogP contribution in [0.15, 0.2) is 24.3 Å². The van der Waals surface area contributed by atoms with Crippen molar-refractivity contribution in [2.24, 2.45) is 0 Å². The second-order valence-corrected chi connectivity index (χ2v) is 8.37. The average Bonchev–Trinajstić information content (AvgIpc) is 2.48. The highest BCUT2D eigenvalue weighted by Crippen LogP contribution is 2.24. The summed E-state index contributed by atoms with van der Waals surface area (Å²) < 4.78 is 26.5. The lowest BCUT2D eigenvalue weighted by atomic mass is 10.2. The van der Waals surface area contributed by atoms with Crippen LogP contribution in [-0.2, 0) is 22.4 Å². The zero-order valence-corrected chi connectivity index (χ0v) is 13.3. The fourth-order valence-corrected chi connectivity index (χ4v) is 5.20. The molecule has 1 aliphatic rings. The molecule has 0 spiro atoms. The summed E-state index contributed by atoms with van der Waals surface area (Å²) in [5, 5.41) is 9.40. The maximum Gasteiger partial charge on any atom is 0.218 e. The third-order valence-electron chi connectivity index (χ3n) is 3.50. The Morgan fingerprint density at radius 3 is 2.55 bits per heavy atom. The highest BCUT2D eigenvalue weighted by molar-refractivity contribution is 8.00. The van der Waals surface area contributed by atoms with Crippen LogP contribution >= 0.6 is 11.8 Å². The number of aliphatic hydroxyl groups excluding tert-OH is 1. The van der Waals surface area contributed by atoms with Crippen molar-refractivity contribution >= 4 is 21.8 Å². The van der Waals surface area contributed by atoms with E-state index in [1.54, 1.807) is 28.6 Å². The molecule has 0 aromatic heterocycles. The molecule has 1 heterocycles. The average molecular weight is 315 g/mol. The maximum absolute atomic E-state index is 12.4. The van der Waals surface area contributed by atoms with E-state index in [4.69, 9.17) is 5.11 Å². The Kier molecular flexibility index (Phi) is 5.49. The fraction of sp³-hybridized carbons (Fsp3) is 0.571. The molecule has 1 unspecified atom stereocenters. The van der Waals surface area contributed by atoms with Gasteiger partial charge in [0.25, 0.3) is 0 Å². The zero-order chi connectivity index (χ0) is 14.6. The smallest absolute Gasteiger partial charge is 0.218 e. The molecule has 1 aliphatic heterocycles. The second kappa shape index (κ2) is 6.93. The van der Waals surface area contributed by atoms with Gasteiger partial charge in [0.05, 0.1) is 12.4 Å². The van der Waals surface area contributed by atoms with Crippen molar-refractivity contribution in [2.75, 3.05) is 18.8 Å². The van der Waals surface area contributed by atoms with Crippen LogP contribution in [0.3, 0.4) is 0 Å². The van der Waals surface area contributed by atoms with Crippen LogP contribution in [0.1, 0.15) is 24.5 Å². The molecule has 0 saturated carbocycles. The minimum absolute atomic E-state index is 0.0193. The molecule has 0 radical (unpaired) electrons. The summed E-state index contributed by atoms with van der Waals surface area (Å²) in [6, 6.07) is 7.09. The molecule has 2 rings (SSSR count). The van der Waals surface area contributed by atoms with Gasteiger partial charge >= 0.3 is 0 Å². The van der Waals surface area contributed by atoms with E-state index in [0.29, 0.717) is 18.3 Å². The van der Waals surface area contributed by atoms with Gasteiger partial charge in [-0.05, 0) is 17.5 Å². The number of hydrogen-bond acceptors (Lipinski definition) is 4. The van der Waals surface area contributed by atoms with Crippen molar-refractivity contribution in [3.05, 3.63) is 35.4 Å². The zero-order valence-electron chi connectivity index (χ0n) is 11.7. The van der Waals surface area contributed by atoms with Gasteiger partial charge in [-0.2, -0.15) is 16.1 Å². The van der Waals surface area contributed by atoms with Gasteiger partial charge in [-0.1, -0.05) is 31.2 Å². The molecule has 0 aliphatic carbocycles. The SMILES string of the molecule is CCC1CN(S(=O)(=O)Cc2ccc(CO)cc2)CCS1. The van der Waals surface area contributed by atoms with Gasteiger partial charge in [0.1, 0.15) is 0 Å². The number of nitrogens with zero attached hydrogens (tertiary/aromatic N) is 1. The molecule has 0 amide bonds. The highest BCUT2D eigenvalue weighted by Gasteiger charge is 2.28. The normalized spacial score (nSPS) is 21.0. The van der Waals surface area contributed by atoms with Gasteiger partial charge < -0.3 is 5.11 Å². The summed E-state index contributed by atoms with van der Waals surface area (Å²) in [5.41, 5.74) is 1.57. The van der Waals surface area contributed by atoms with Gasteiger partial charge in [-0.15, -0.1) is 0 Å². The van der Waals surface area contributed by atoms with Crippen molar-refractivity contribution in [2.45, 2.75) is 31.0 Å². The van der Waals surface area contributed by atoms with Gasteiger partial charge in [0, 0.05) is 24.1 Å². The number of sulfonamides is 1. The Balaban J connectivity index is 2.05. The summed E-state index contributed by atoms with van der Waals surface area (Å²) in [6.45, 7) is 3.31. The highest BCUT2D eigenvalue weighted by atomic mass is 32.2. The number of hydrogen-bond donors (Lipinski definition) is 1. The lowest BCUT2D eigenvalue weighted by molar-refractivity contribution is 0.282. The van der Waals surface area contributed by atoms with Crippen molar-refractivity contribution in [3.8, 4) is 0 Å². The summed E-state index contributed by atoms with van der Waals surface area (Å²) in [4.78, 5) is 0. The second-order valence-electron chi connectivity index (χ2n) is 4.99. The summed E-state index contributed by atoms with van der Waals surface area (Å²) in [5.74, 6) is 0.918. The topological polar surface area (TPSA) is 57.6 Å². The van der Waals surface area contributed by atoms with E-state index in [9.17, 15) is 8.42 Å². The Labute approximate surface area is 125 Å². The lowest BCUT2D eigenvalue weighted by Gasteiger charge is -2.31. The van der Waals surface area contributed by atoms with E-state index in [-0.39, 0.29) is 12.4 Å². The molecule has 1 aromatic carbocycles. The molecule has 1 N–H and O–H groups in total. The van der Waals surface area contributed by atoms with Gasteiger partial charge in [-0.3, -0.25) is 0 Å². The first kappa shape index (κ1) is 15.8. The molecule has 20 heavy (non-hydrogen) atoms. The molecule has 112 valence electrons. The Bertz CT molecular complexity index is 528. The van der Waals surface area contributed by atoms with E-state index in [1.165, 1.54) is 0 Å². The molecule has 1 fully saturated rings. The van der Waals surface area contributed by atoms with Crippen molar-refractivity contribution in [3.63, 3.8) is 0 Å². The van der Waals surface area contributed by atoms with Crippen LogP contribution in [-0.4, -0.2) is 41.9 Å². The van der Waals surface area contributed by atoms with E-state index in [0.717, 1.165) is 23.3 Å². The monoisotopic (exact) mass is 315 g/mol. The molecule has 1 saturated heterocycles. The van der Waals surface area contributed by atoms with Crippen molar-refractivity contribution < 1.29 is 13.5 Å². The first-order valence-corrected chi connectivity index (χ1v) is 9.49. The van der Waals surface area contributed by atoms with Gasteiger partial charge in [0.15, 0.2) is 0 Å². The van der Waals surface area contributed by atoms with Crippen LogP contribution in [0, 0.1) is 0 Å². The minimum Gasteiger partial charge on any atom is -0.392 e. The van der Waals surface area contributed by atoms with Crippen LogP contribution in [0.4, 0.5) is 0 Å². The lowest BCUT2D eigenvalue weighted by Crippen LogP contribution is -2.42.